The number of fused-ring (bicyclic) bond motifs is 2. The lowest BCUT2D eigenvalue weighted by Gasteiger charge is -2.21. The Balaban J connectivity index is 1.56. The average Bonchev–Trinajstić information content (AvgIpc) is 3.08. The first-order valence-electron chi connectivity index (χ1n) is 8.22. The van der Waals surface area contributed by atoms with E-state index in [1.807, 2.05) is 0 Å². The molecule has 4 unspecified atom stereocenters. The molecule has 2 saturated carbocycles. The van der Waals surface area contributed by atoms with Gasteiger partial charge < -0.3 is 5.32 Å². The van der Waals surface area contributed by atoms with Gasteiger partial charge in [-0.1, -0.05) is 25.5 Å². The first kappa shape index (κ1) is 14.5. The second kappa shape index (κ2) is 6.53. The van der Waals surface area contributed by atoms with Crippen molar-refractivity contribution in [1.82, 2.24) is 5.32 Å². The van der Waals surface area contributed by atoms with E-state index in [4.69, 9.17) is 0 Å². The summed E-state index contributed by atoms with van der Waals surface area (Å²) in [5, 5.41) is 3.50. The highest BCUT2D eigenvalue weighted by molar-refractivity contribution is 7.99. The summed E-state index contributed by atoms with van der Waals surface area (Å²) in [5.74, 6) is 4.45. The van der Waals surface area contributed by atoms with E-state index in [-0.39, 0.29) is 0 Å². The quantitative estimate of drug-likeness (QED) is 0.749. The SMILES string of the molecule is CCNC(C)c1cccc(SCC2CC3CCC2C3)c1. The van der Waals surface area contributed by atoms with Crippen molar-refractivity contribution in [2.24, 2.45) is 17.8 Å². The Morgan fingerprint density at radius 1 is 1.30 bits per heavy atom. The Labute approximate surface area is 127 Å². The van der Waals surface area contributed by atoms with Crippen molar-refractivity contribution in [3.8, 4) is 0 Å². The molecule has 0 spiro atoms. The van der Waals surface area contributed by atoms with Crippen LogP contribution < -0.4 is 5.32 Å². The maximum Gasteiger partial charge on any atom is 0.0292 e. The van der Waals surface area contributed by atoms with Crippen LogP contribution in [0.1, 0.15) is 51.1 Å². The van der Waals surface area contributed by atoms with Crippen LogP contribution in [-0.2, 0) is 0 Å². The van der Waals surface area contributed by atoms with E-state index in [9.17, 15) is 0 Å². The predicted octanol–water partition coefficient (Wildman–Crippen LogP) is 4.89. The fourth-order valence-electron chi connectivity index (χ4n) is 4.08. The van der Waals surface area contributed by atoms with Gasteiger partial charge in [0.1, 0.15) is 0 Å². The minimum Gasteiger partial charge on any atom is -0.310 e. The Morgan fingerprint density at radius 3 is 2.90 bits per heavy atom. The highest BCUT2D eigenvalue weighted by Crippen LogP contribution is 2.49. The molecule has 0 radical (unpaired) electrons. The highest BCUT2D eigenvalue weighted by Gasteiger charge is 2.39. The molecule has 1 aromatic carbocycles. The van der Waals surface area contributed by atoms with Gasteiger partial charge in [-0.2, -0.15) is 0 Å². The number of benzene rings is 1. The third-order valence-corrected chi connectivity index (χ3v) is 6.40. The molecule has 1 aromatic rings. The molecule has 0 amide bonds. The van der Waals surface area contributed by atoms with Crippen molar-refractivity contribution < 1.29 is 0 Å². The monoisotopic (exact) mass is 289 g/mol. The standard InChI is InChI=1S/C18H27NS/c1-3-19-13(2)15-5-4-6-18(11-15)20-12-17-10-14-7-8-16(17)9-14/h4-6,11,13-14,16-17,19H,3,7-10,12H2,1-2H3. The Kier molecular flexibility index (Phi) is 4.72. The van der Waals surface area contributed by atoms with Crippen LogP contribution in [0, 0.1) is 17.8 Å². The molecule has 1 nitrogen and oxygen atoms in total. The van der Waals surface area contributed by atoms with Crippen molar-refractivity contribution in [1.29, 1.82) is 0 Å². The van der Waals surface area contributed by atoms with Gasteiger partial charge in [0.25, 0.3) is 0 Å². The fraction of sp³-hybridized carbons (Fsp3) is 0.667. The molecule has 20 heavy (non-hydrogen) atoms. The van der Waals surface area contributed by atoms with Gasteiger partial charge in [-0.05, 0) is 68.2 Å². The lowest BCUT2D eigenvalue weighted by molar-refractivity contribution is 0.365. The molecule has 4 atom stereocenters. The molecule has 2 bridgehead atoms. The number of hydrogen-bond donors (Lipinski definition) is 1. The number of nitrogens with one attached hydrogen (secondary N) is 1. The number of thioether (sulfide) groups is 1. The Bertz CT molecular complexity index is 445. The largest absolute Gasteiger partial charge is 0.310 e. The lowest BCUT2D eigenvalue weighted by Crippen LogP contribution is -2.17. The van der Waals surface area contributed by atoms with Crippen molar-refractivity contribution in [3.05, 3.63) is 29.8 Å². The number of rotatable bonds is 6. The summed E-state index contributed by atoms with van der Waals surface area (Å²) in [4.78, 5) is 1.45. The average molecular weight is 289 g/mol. The van der Waals surface area contributed by atoms with Crippen molar-refractivity contribution in [2.75, 3.05) is 12.3 Å². The second-order valence-corrected chi connectivity index (χ2v) is 7.69. The molecule has 0 saturated heterocycles. The summed E-state index contributed by atoms with van der Waals surface area (Å²) >= 11 is 2.08. The van der Waals surface area contributed by atoms with E-state index in [0.717, 1.165) is 24.3 Å². The summed E-state index contributed by atoms with van der Waals surface area (Å²) < 4.78 is 0. The molecule has 0 heterocycles. The topological polar surface area (TPSA) is 12.0 Å². The van der Waals surface area contributed by atoms with Gasteiger partial charge in [0.2, 0.25) is 0 Å². The zero-order valence-electron chi connectivity index (χ0n) is 12.8. The predicted molar refractivity (Wildman–Crippen MR) is 88.2 cm³/mol. The fourth-order valence-corrected chi connectivity index (χ4v) is 5.29. The van der Waals surface area contributed by atoms with Crippen LogP contribution in [0.15, 0.2) is 29.2 Å². The molecule has 0 aliphatic heterocycles. The van der Waals surface area contributed by atoms with Gasteiger partial charge in [-0.15, -0.1) is 11.8 Å². The van der Waals surface area contributed by atoms with Gasteiger partial charge in [-0.3, -0.25) is 0 Å². The van der Waals surface area contributed by atoms with Gasteiger partial charge in [0.15, 0.2) is 0 Å². The first-order chi connectivity index (χ1) is 9.76. The van der Waals surface area contributed by atoms with E-state index in [1.54, 1.807) is 0 Å². The molecule has 110 valence electrons. The molecule has 3 rings (SSSR count). The van der Waals surface area contributed by atoms with Crippen LogP contribution >= 0.6 is 11.8 Å². The molecule has 2 heteroatoms. The van der Waals surface area contributed by atoms with Gasteiger partial charge in [-0.25, -0.2) is 0 Å². The van der Waals surface area contributed by atoms with E-state index < -0.39 is 0 Å². The van der Waals surface area contributed by atoms with Crippen molar-refractivity contribution >= 4 is 11.8 Å². The smallest absolute Gasteiger partial charge is 0.0292 e. The molecular formula is C18H27NS. The van der Waals surface area contributed by atoms with Crippen LogP contribution in [0.4, 0.5) is 0 Å². The Morgan fingerprint density at radius 2 is 2.20 bits per heavy atom. The summed E-state index contributed by atoms with van der Waals surface area (Å²) in [6, 6.07) is 9.58. The minimum absolute atomic E-state index is 0.461. The van der Waals surface area contributed by atoms with Crippen molar-refractivity contribution in [3.63, 3.8) is 0 Å². The Hall–Kier alpha value is -0.470. The van der Waals surface area contributed by atoms with E-state index in [2.05, 4.69) is 55.2 Å². The van der Waals surface area contributed by atoms with Gasteiger partial charge >= 0.3 is 0 Å². The van der Waals surface area contributed by atoms with E-state index >= 15 is 0 Å². The minimum atomic E-state index is 0.461. The van der Waals surface area contributed by atoms with Gasteiger partial charge in [0.05, 0.1) is 0 Å². The lowest BCUT2D eigenvalue weighted by atomic mass is 9.90. The highest BCUT2D eigenvalue weighted by atomic mass is 32.2. The second-order valence-electron chi connectivity index (χ2n) is 6.60. The molecule has 0 aromatic heterocycles. The summed E-state index contributed by atoms with van der Waals surface area (Å²) in [7, 11) is 0. The van der Waals surface area contributed by atoms with Gasteiger partial charge in [0, 0.05) is 16.7 Å². The maximum absolute atomic E-state index is 3.50. The molecule has 1 N–H and O–H groups in total. The number of hydrogen-bond acceptors (Lipinski definition) is 2. The maximum atomic E-state index is 3.50. The van der Waals surface area contributed by atoms with E-state index in [1.165, 1.54) is 41.9 Å². The van der Waals surface area contributed by atoms with Crippen LogP contribution in [0.5, 0.6) is 0 Å². The third kappa shape index (κ3) is 3.23. The van der Waals surface area contributed by atoms with Crippen molar-refractivity contribution in [2.45, 2.75) is 50.5 Å². The molecule has 2 aliphatic carbocycles. The third-order valence-electron chi connectivity index (χ3n) is 5.22. The van der Waals surface area contributed by atoms with Crippen LogP contribution in [0.2, 0.25) is 0 Å². The van der Waals surface area contributed by atoms with Crippen LogP contribution in [0.25, 0.3) is 0 Å². The zero-order valence-corrected chi connectivity index (χ0v) is 13.6. The summed E-state index contributed by atoms with van der Waals surface area (Å²) in [6.45, 7) is 5.46. The summed E-state index contributed by atoms with van der Waals surface area (Å²) in [6.07, 6.45) is 6.06. The normalized spacial score (nSPS) is 29.8. The molecule has 2 fully saturated rings. The first-order valence-corrected chi connectivity index (χ1v) is 9.21. The summed E-state index contributed by atoms with van der Waals surface area (Å²) in [5.41, 5.74) is 1.42. The molecular weight excluding hydrogens is 262 g/mol. The van der Waals surface area contributed by atoms with Crippen LogP contribution in [0.3, 0.4) is 0 Å². The zero-order chi connectivity index (χ0) is 13.9. The van der Waals surface area contributed by atoms with Crippen LogP contribution in [-0.4, -0.2) is 12.3 Å². The molecule has 2 aliphatic rings. The van der Waals surface area contributed by atoms with E-state index in [0.29, 0.717) is 6.04 Å².